The van der Waals surface area contributed by atoms with Crippen LogP contribution in [-0.4, -0.2) is 18.8 Å². The molecule has 0 spiro atoms. The largest absolute Gasteiger partial charge is 0.495 e. The van der Waals surface area contributed by atoms with Crippen LogP contribution in [0, 0.1) is 0 Å². The average Bonchev–Trinajstić information content (AvgIpc) is 2.46. The van der Waals surface area contributed by atoms with E-state index in [1.165, 1.54) is 0 Å². The summed E-state index contributed by atoms with van der Waals surface area (Å²) in [6, 6.07) is 15.4. The summed E-state index contributed by atoms with van der Waals surface area (Å²) in [4.78, 5) is 0. The van der Waals surface area contributed by atoms with Gasteiger partial charge in [0.05, 0.1) is 25.4 Å². The number of rotatable bonds is 5. The molecule has 0 aliphatic rings. The number of aliphatic hydroxyl groups excluding tert-OH is 1. The van der Waals surface area contributed by atoms with E-state index in [0.717, 1.165) is 21.5 Å². The zero-order valence-electron chi connectivity index (χ0n) is 10.6. The Morgan fingerprint density at radius 3 is 2.47 bits per heavy atom. The van der Waals surface area contributed by atoms with Crippen molar-refractivity contribution in [3.8, 4) is 5.75 Å². The molecule has 2 aromatic rings. The van der Waals surface area contributed by atoms with Gasteiger partial charge in [0, 0.05) is 4.47 Å². The Hall–Kier alpha value is -1.52. The fourth-order valence-electron chi connectivity index (χ4n) is 1.88. The number of ether oxygens (including phenoxy) is 1. The van der Waals surface area contributed by atoms with E-state index in [4.69, 9.17) is 4.74 Å². The predicted molar refractivity (Wildman–Crippen MR) is 80.6 cm³/mol. The highest BCUT2D eigenvalue weighted by atomic mass is 79.9. The van der Waals surface area contributed by atoms with Crippen LogP contribution in [0.25, 0.3) is 0 Å². The number of hydrogen-bond acceptors (Lipinski definition) is 3. The van der Waals surface area contributed by atoms with Gasteiger partial charge in [0.2, 0.25) is 0 Å². The summed E-state index contributed by atoms with van der Waals surface area (Å²) in [5, 5.41) is 12.9. The molecule has 1 atom stereocenters. The maximum atomic E-state index is 9.56. The van der Waals surface area contributed by atoms with Gasteiger partial charge >= 0.3 is 0 Å². The summed E-state index contributed by atoms with van der Waals surface area (Å²) in [7, 11) is 1.63. The molecule has 0 aliphatic carbocycles. The first-order chi connectivity index (χ1) is 9.24. The van der Waals surface area contributed by atoms with Crippen molar-refractivity contribution < 1.29 is 9.84 Å². The SMILES string of the molecule is COc1ccccc1NC(CO)c1ccc(Br)cc1. The molecular formula is C15H16BrNO2. The van der Waals surface area contributed by atoms with Crippen LogP contribution >= 0.6 is 15.9 Å². The van der Waals surface area contributed by atoms with E-state index in [0.29, 0.717) is 0 Å². The van der Waals surface area contributed by atoms with Crippen molar-refractivity contribution in [2.24, 2.45) is 0 Å². The number of methoxy groups -OCH3 is 1. The van der Waals surface area contributed by atoms with Crippen molar-refractivity contribution in [3.05, 3.63) is 58.6 Å². The normalized spacial score (nSPS) is 11.9. The molecule has 0 aliphatic heterocycles. The molecule has 2 rings (SSSR count). The molecule has 3 nitrogen and oxygen atoms in total. The lowest BCUT2D eigenvalue weighted by Gasteiger charge is -2.19. The van der Waals surface area contributed by atoms with Crippen LogP contribution in [0.1, 0.15) is 11.6 Å². The highest BCUT2D eigenvalue weighted by molar-refractivity contribution is 9.10. The summed E-state index contributed by atoms with van der Waals surface area (Å²) in [5.41, 5.74) is 1.89. The lowest BCUT2D eigenvalue weighted by molar-refractivity contribution is 0.276. The number of aliphatic hydroxyl groups is 1. The first-order valence-corrected chi connectivity index (χ1v) is 6.79. The van der Waals surface area contributed by atoms with Crippen molar-refractivity contribution in [2.75, 3.05) is 19.0 Å². The molecule has 1 unspecified atom stereocenters. The molecule has 0 aromatic heterocycles. The molecule has 100 valence electrons. The molecule has 0 fully saturated rings. The lowest BCUT2D eigenvalue weighted by Crippen LogP contribution is -2.15. The molecule has 2 N–H and O–H groups in total. The Morgan fingerprint density at radius 1 is 1.16 bits per heavy atom. The minimum Gasteiger partial charge on any atom is -0.495 e. The van der Waals surface area contributed by atoms with Crippen molar-refractivity contribution in [3.63, 3.8) is 0 Å². The third-order valence-corrected chi connectivity index (χ3v) is 3.42. The van der Waals surface area contributed by atoms with E-state index in [-0.39, 0.29) is 12.6 Å². The van der Waals surface area contributed by atoms with Crippen LogP contribution in [0.4, 0.5) is 5.69 Å². The zero-order chi connectivity index (χ0) is 13.7. The Morgan fingerprint density at radius 2 is 1.84 bits per heavy atom. The number of hydrogen-bond donors (Lipinski definition) is 2. The molecule has 0 heterocycles. The minimum absolute atomic E-state index is 0.0136. The Bertz CT molecular complexity index is 528. The summed E-state index contributed by atoms with van der Waals surface area (Å²) in [5.74, 6) is 0.762. The van der Waals surface area contributed by atoms with Gasteiger partial charge in [-0.05, 0) is 29.8 Å². The topological polar surface area (TPSA) is 41.5 Å². The Labute approximate surface area is 121 Å². The zero-order valence-corrected chi connectivity index (χ0v) is 12.2. The standard InChI is InChI=1S/C15H16BrNO2/c1-19-15-5-3-2-4-13(15)17-14(10-18)11-6-8-12(16)9-7-11/h2-9,14,17-18H,10H2,1H3. The fourth-order valence-corrected chi connectivity index (χ4v) is 2.15. The van der Waals surface area contributed by atoms with Gasteiger partial charge in [-0.25, -0.2) is 0 Å². The predicted octanol–water partition coefficient (Wildman–Crippen LogP) is 3.60. The Kier molecular flexibility index (Phi) is 4.82. The van der Waals surface area contributed by atoms with Gasteiger partial charge in [0.1, 0.15) is 5.75 Å². The van der Waals surface area contributed by atoms with E-state index in [2.05, 4.69) is 21.2 Å². The lowest BCUT2D eigenvalue weighted by atomic mass is 10.1. The average molecular weight is 322 g/mol. The van der Waals surface area contributed by atoms with Crippen LogP contribution in [-0.2, 0) is 0 Å². The highest BCUT2D eigenvalue weighted by Gasteiger charge is 2.12. The maximum absolute atomic E-state index is 9.56. The summed E-state index contributed by atoms with van der Waals surface area (Å²) in [6.45, 7) is 0.0136. The van der Waals surface area contributed by atoms with E-state index >= 15 is 0 Å². The van der Waals surface area contributed by atoms with Gasteiger partial charge < -0.3 is 15.2 Å². The molecule has 0 saturated heterocycles. The second-order valence-corrected chi connectivity index (χ2v) is 5.05. The van der Waals surface area contributed by atoms with Gasteiger partial charge in [0.25, 0.3) is 0 Å². The summed E-state index contributed by atoms with van der Waals surface area (Å²) in [6.07, 6.45) is 0. The van der Waals surface area contributed by atoms with Gasteiger partial charge in [-0.1, -0.05) is 40.2 Å². The third-order valence-electron chi connectivity index (χ3n) is 2.89. The number of halogens is 1. The van der Waals surface area contributed by atoms with Gasteiger partial charge in [-0.2, -0.15) is 0 Å². The minimum atomic E-state index is -0.163. The number of anilines is 1. The molecule has 19 heavy (non-hydrogen) atoms. The van der Waals surface area contributed by atoms with E-state index in [1.54, 1.807) is 7.11 Å². The molecular weight excluding hydrogens is 306 g/mol. The number of nitrogens with one attached hydrogen (secondary N) is 1. The highest BCUT2D eigenvalue weighted by Crippen LogP contribution is 2.28. The second-order valence-electron chi connectivity index (χ2n) is 4.13. The monoisotopic (exact) mass is 321 g/mol. The van der Waals surface area contributed by atoms with E-state index < -0.39 is 0 Å². The quantitative estimate of drug-likeness (QED) is 0.884. The van der Waals surface area contributed by atoms with Crippen molar-refractivity contribution in [2.45, 2.75) is 6.04 Å². The summed E-state index contributed by atoms with van der Waals surface area (Å²) >= 11 is 3.40. The molecule has 0 bridgehead atoms. The Balaban J connectivity index is 2.21. The molecule has 0 amide bonds. The molecule has 0 saturated carbocycles. The second kappa shape index (κ2) is 6.59. The number of para-hydroxylation sites is 2. The molecule has 2 aromatic carbocycles. The van der Waals surface area contributed by atoms with E-state index in [9.17, 15) is 5.11 Å². The first-order valence-electron chi connectivity index (χ1n) is 6.00. The van der Waals surface area contributed by atoms with Gasteiger partial charge in [0.15, 0.2) is 0 Å². The van der Waals surface area contributed by atoms with Crippen LogP contribution in [0.3, 0.4) is 0 Å². The van der Waals surface area contributed by atoms with Crippen molar-refractivity contribution in [1.29, 1.82) is 0 Å². The maximum Gasteiger partial charge on any atom is 0.141 e. The fraction of sp³-hybridized carbons (Fsp3) is 0.200. The molecule has 4 heteroatoms. The smallest absolute Gasteiger partial charge is 0.141 e. The first kappa shape index (κ1) is 13.9. The molecule has 0 radical (unpaired) electrons. The van der Waals surface area contributed by atoms with Gasteiger partial charge in [-0.3, -0.25) is 0 Å². The van der Waals surface area contributed by atoms with Crippen LogP contribution in [0.2, 0.25) is 0 Å². The van der Waals surface area contributed by atoms with Crippen molar-refractivity contribution in [1.82, 2.24) is 0 Å². The van der Waals surface area contributed by atoms with Crippen LogP contribution < -0.4 is 10.1 Å². The third kappa shape index (κ3) is 3.49. The van der Waals surface area contributed by atoms with Crippen LogP contribution in [0.15, 0.2) is 53.0 Å². The van der Waals surface area contributed by atoms with Crippen molar-refractivity contribution >= 4 is 21.6 Å². The summed E-state index contributed by atoms with van der Waals surface area (Å²) < 4.78 is 6.31. The number of benzene rings is 2. The van der Waals surface area contributed by atoms with E-state index in [1.807, 2.05) is 48.5 Å². The van der Waals surface area contributed by atoms with Gasteiger partial charge in [-0.15, -0.1) is 0 Å². The van der Waals surface area contributed by atoms with Crippen LogP contribution in [0.5, 0.6) is 5.75 Å².